The van der Waals surface area contributed by atoms with Crippen LogP contribution >= 0.6 is 0 Å². The van der Waals surface area contributed by atoms with E-state index in [-0.39, 0.29) is 0 Å². The molecular formula is C2N2O. The normalized spacial score (nSPS) is 3.80. The first-order chi connectivity index (χ1) is 2.41. The Kier molecular flexibility index (Phi) is 2.22. The topological polar surface area (TPSA) is 33.8 Å². The van der Waals surface area contributed by atoms with Crippen molar-refractivity contribution in [1.82, 2.24) is 0 Å². The van der Waals surface area contributed by atoms with E-state index in [4.69, 9.17) is 11.4 Å². The summed E-state index contributed by atoms with van der Waals surface area (Å²) in [5.74, 6) is 0. The first-order valence-electron chi connectivity index (χ1n) is 0.851. The van der Waals surface area contributed by atoms with Crippen molar-refractivity contribution >= 4 is 6.08 Å². The highest BCUT2D eigenvalue weighted by Crippen LogP contribution is 1.52. The van der Waals surface area contributed by atoms with Crippen molar-refractivity contribution in [2.45, 2.75) is 0 Å². The fraction of sp³-hybridized carbons (Fsp3) is 0. The van der Waals surface area contributed by atoms with Crippen LogP contribution in [0.2, 0.25) is 0 Å². The molecule has 0 bridgehead atoms. The highest BCUT2D eigenvalue weighted by atomic mass is 16.1. The van der Waals surface area contributed by atoms with Gasteiger partial charge in [0.25, 0.3) is 0 Å². The van der Waals surface area contributed by atoms with Gasteiger partial charge in [-0.05, 0) is 0 Å². The van der Waals surface area contributed by atoms with Gasteiger partial charge < -0.3 is 0 Å². The number of nitrogens with zero attached hydrogens (tertiary/aromatic N) is 2. The third-order valence-electron chi connectivity index (χ3n) is 0.0908. The van der Waals surface area contributed by atoms with Gasteiger partial charge in [-0.15, -0.1) is 4.95 Å². The summed E-state index contributed by atoms with van der Waals surface area (Å²) in [7, 11) is 0. The molecule has 5 heavy (non-hydrogen) atoms. The van der Waals surface area contributed by atoms with Gasteiger partial charge in [-0.25, -0.2) is 4.79 Å². The minimum atomic E-state index is 1.04. The average Bonchev–Trinajstić information content (AvgIpc) is 1.41. The summed E-state index contributed by atoms with van der Waals surface area (Å²) in [5.41, 5.74) is 0. The van der Waals surface area contributed by atoms with Crippen LogP contribution in [0.15, 0.2) is 5.10 Å². The smallest absolute Gasteiger partial charge is 0.204 e. The van der Waals surface area contributed by atoms with Gasteiger partial charge in [-0.1, -0.05) is 0 Å². The lowest BCUT2D eigenvalue weighted by Crippen LogP contribution is -1.33. The molecule has 0 heterocycles. The molecule has 0 aliphatic carbocycles. The quantitative estimate of drug-likeness (QED) is 0.172. The van der Waals surface area contributed by atoms with Crippen LogP contribution in [0.5, 0.6) is 0 Å². The van der Waals surface area contributed by atoms with E-state index in [0.29, 0.717) is 0 Å². The molecule has 0 aromatic heterocycles. The van der Waals surface area contributed by atoms with Crippen LogP contribution in [0.3, 0.4) is 0 Å². The predicted molar refractivity (Wildman–Crippen MR) is 14.7 cm³/mol. The number of isocyanates is 1. The van der Waals surface area contributed by atoms with Crippen molar-refractivity contribution in [1.29, 1.82) is 0 Å². The highest BCUT2D eigenvalue weighted by molar-refractivity contribution is 5.33. The van der Waals surface area contributed by atoms with Crippen LogP contribution in [-0.4, -0.2) is 6.08 Å². The monoisotopic (exact) mass is 68.0 g/mol. The van der Waals surface area contributed by atoms with Gasteiger partial charge in [0.15, 0.2) is 5.10 Å². The van der Waals surface area contributed by atoms with Crippen LogP contribution in [0.25, 0.3) is 4.95 Å². The van der Waals surface area contributed by atoms with Crippen molar-refractivity contribution < 1.29 is 4.79 Å². The Morgan fingerprint density at radius 1 is 2.00 bits per heavy atom. The molecule has 0 aliphatic rings. The van der Waals surface area contributed by atoms with Gasteiger partial charge in [-0.2, -0.15) is 6.57 Å². The van der Waals surface area contributed by atoms with Crippen molar-refractivity contribution in [3.05, 3.63) is 11.5 Å². The molecule has 0 saturated carbocycles. The third kappa shape index (κ3) is 2.87. The van der Waals surface area contributed by atoms with Crippen LogP contribution < -0.4 is 0 Å². The molecule has 0 aliphatic heterocycles. The van der Waals surface area contributed by atoms with E-state index in [2.05, 4.69) is 10.1 Å². The summed E-state index contributed by atoms with van der Waals surface area (Å²) < 4.78 is 0. The Bertz CT molecular complexity index is 94.7. The van der Waals surface area contributed by atoms with Gasteiger partial charge in [-0.3, -0.25) is 0 Å². The maximum atomic E-state index is 8.90. The Hall–Kier alpha value is -1.13. The van der Waals surface area contributed by atoms with E-state index in [9.17, 15) is 0 Å². The van der Waals surface area contributed by atoms with E-state index in [1.54, 1.807) is 0 Å². The second-order valence-corrected chi connectivity index (χ2v) is 0.291. The summed E-state index contributed by atoms with van der Waals surface area (Å²) in [6.07, 6.45) is 1.04. The average molecular weight is 68.0 g/mol. The lowest BCUT2D eigenvalue weighted by molar-refractivity contribution is 0.565. The predicted octanol–water partition coefficient (Wildman–Crippen LogP) is 0.156. The van der Waals surface area contributed by atoms with Crippen LogP contribution in [0, 0.1) is 6.57 Å². The third-order valence-corrected chi connectivity index (χ3v) is 0.0908. The zero-order chi connectivity index (χ0) is 4.12. The van der Waals surface area contributed by atoms with Gasteiger partial charge in [0, 0.05) is 0 Å². The lowest BCUT2D eigenvalue weighted by atomic mass is 11.6. The molecule has 0 aromatic rings. The van der Waals surface area contributed by atoms with E-state index >= 15 is 0 Å². The molecule has 3 heteroatoms. The Morgan fingerprint density at radius 2 is 2.60 bits per heavy atom. The largest absolute Gasteiger partial charge is 0.322 e. The Balaban J connectivity index is 3.46. The molecule has 24 valence electrons. The van der Waals surface area contributed by atoms with Crippen molar-refractivity contribution in [3.8, 4) is 0 Å². The molecule has 0 unspecified atom stereocenters. The molecule has 3 nitrogen and oxygen atoms in total. The van der Waals surface area contributed by atoms with Crippen molar-refractivity contribution in [2.75, 3.05) is 0 Å². The first-order valence-corrected chi connectivity index (χ1v) is 0.851. The Labute approximate surface area is 28.7 Å². The maximum absolute atomic E-state index is 8.90. The summed E-state index contributed by atoms with van der Waals surface area (Å²) in [5, 5.41) is 2.46. The molecule has 0 atom stereocenters. The summed E-state index contributed by atoms with van der Waals surface area (Å²) in [6, 6.07) is 0. The van der Waals surface area contributed by atoms with E-state index in [1.165, 1.54) is 0 Å². The molecule has 0 aromatic carbocycles. The number of hydrogen-bond donors (Lipinski definition) is 0. The van der Waals surface area contributed by atoms with E-state index < -0.39 is 0 Å². The fourth-order valence-corrected chi connectivity index (χ4v) is 0.0204. The minimum Gasteiger partial charge on any atom is -0.204 e. The summed E-state index contributed by atoms with van der Waals surface area (Å²) in [6.45, 7) is 5.80. The van der Waals surface area contributed by atoms with Gasteiger partial charge in [0.2, 0.25) is 0 Å². The summed E-state index contributed by atoms with van der Waals surface area (Å²) >= 11 is 0. The lowest BCUT2D eigenvalue weighted by Gasteiger charge is -1.33. The molecule has 0 fully saturated rings. The van der Waals surface area contributed by atoms with Crippen molar-refractivity contribution in [3.63, 3.8) is 0 Å². The number of rotatable bonds is 0. The molecule has 0 spiro atoms. The zero-order valence-corrected chi connectivity index (χ0v) is 2.30. The second kappa shape index (κ2) is 2.87. The first kappa shape index (κ1) is 3.87. The summed E-state index contributed by atoms with van der Waals surface area (Å²) in [4.78, 5) is 11.2. The van der Waals surface area contributed by atoms with Gasteiger partial charge in [0.1, 0.15) is 0 Å². The molecule has 0 radical (unpaired) electrons. The second-order valence-electron chi connectivity index (χ2n) is 0.291. The maximum Gasteiger partial charge on any atom is 0.322 e. The number of carbonyl (C=O) groups excluding carboxylic acids is 1. The fourth-order valence-electron chi connectivity index (χ4n) is 0.0204. The molecule has 0 N–H and O–H groups in total. The standard InChI is InChI=1S/C2N2O/c1-3-4-2-5. The minimum absolute atomic E-state index is 1.04. The van der Waals surface area contributed by atoms with Gasteiger partial charge in [0.05, 0.1) is 0 Å². The van der Waals surface area contributed by atoms with Crippen LogP contribution in [0.4, 0.5) is 0 Å². The highest BCUT2D eigenvalue weighted by Gasteiger charge is 1.48. The number of hydrogen-bond acceptors (Lipinski definition) is 2. The van der Waals surface area contributed by atoms with Crippen LogP contribution in [-0.2, 0) is 4.79 Å². The zero-order valence-electron chi connectivity index (χ0n) is 2.30. The van der Waals surface area contributed by atoms with Crippen LogP contribution in [0.1, 0.15) is 0 Å². The molecule has 0 saturated heterocycles. The molecular weight excluding hydrogens is 68.0 g/mol. The molecule has 0 amide bonds. The van der Waals surface area contributed by atoms with Crippen molar-refractivity contribution in [2.24, 2.45) is 5.10 Å². The van der Waals surface area contributed by atoms with Gasteiger partial charge >= 0.3 is 6.08 Å². The SMILES string of the molecule is [C-]#[N+]N=C=O. The van der Waals surface area contributed by atoms with E-state index in [1.807, 2.05) is 0 Å². The Morgan fingerprint density at radius 3 is 2.60 bits per heavy atom. The molecule has 0 rings (SSSR count). The van der Waals surface area contributed by atoms with E-state index in [0.717, 1.165) is 6.08 Å².